The predicted molar refractivity (Wildman–Crippen MR) is 102 cm³/mol. The fourth-order valence-corrected chi connectivity index (χ4v) is 3.34. The van der Waals surface area contributed by atoms with Gasteiger partial charge in [-0.25, -0.2) is 0 Å². The summed E-state index contributed by atoms with van der Waals surface area (Å²) in [6, 6.07) is 21.1. The molecule has 4 heteroatoms. The molecule has 4 nitrogen and oxygen atoms in total. The number of hydrogen-bond donors (Lipinski definition) is 1. The summed E-state index contributed by atoms with van der Waals surface area (Å²) < 4.78 is 10.9. The maximum atomic E-state index is 11.7. The van der Waals surface area contributed by atoms with Crippen molar-refractivity contribution in [2.75, 3.05) is 14.2 Å². The number of ether oxygens (including phenoxy) is 2. The Hall–Kier alpha value is -2.85. The smallest absolute Gasteiger partial charge is 0.125 e. The Labute approximate surface area is 154 Å². The molecule has 0 unspecified atom stereocenters. The minimum Gasteiger partial charge on any atom is -0.497 e. The van der Waals surface area contributed by atoms with E-state index in [4.69, 9.17) is 9.47 Å². The van der Waals surface area contributed by atoms with Crippen LogP contribution in [-0.2, 0) is 5.60 Å². The lowest BCUT2D eigenvalue weighted by Crippen LogP contribution is -2.32. The van der Waals surface area contributed by atoms with Crippen molar-refractivity contribution in [3.8, 4) is 11.5 Å². The molecule has 1 N–H and O–H groups in total. The van der Waals surface area contributed by atoms with Crippen LogP contribution in [0.5, 0.6) is 11.5 Å². The molecule has 0 aliphatic heterocycles. The van der Waals surface area contributed by atoms with Gasteiger partial charge in [0.1, 0.15) is 17.1 Å². The minimum atomic E-state index is -1.27. The maximum absolute atomic E-state index is 11.7. The number of hydrogen-bond acceptors (Lipinski definition) is 4. The van der Waals surface area contributed by atoms with Crippen LogP contribution in [0.4, 0.5) is 0 Å². The second kappa shape index (κ2) is 7.58. The molecular weight excluding hydrogens is 326 g/mol. The van der Waals surface area contributed by atoms with Gasteiger partial charge in [0.25, 0.3) is 0 Å². The Kier molecular flexibility index (Phi) is 5.24. The van der Waals surface area contributed by atoms with E-state index < -0.39 is 5.60 Å². The molecule has 0 saturated carbocycles. The van der Waals surface area contributed by atoms with Gasteiger partial charge in [0.2, 0.25) is 0 Å². The van der Waals surface area contributed by atoms with Gasteiger partial charge in [-0.1, -0.05) is 36.4 Å². The zero-order valence-corrected chi connectivity index (χ0v) is 15.2. The number of nitrogens with zero attached hydrogens (tertiary/aromatic N) is 1. The second-order valence-corrected chi connectivity index (χ2v) is 6.31. The first-order valence-electron chi connectivity index (χ1n) is 8.48. The maximum Gasteiger partial charge on any atom is 0.125 e. The van der Waals surface area contributed by atoms with E-state index in [1.165, 1.54) is 0 Å². The van der Waals surface area contributed by atoms with Crippen LogP contribution in [0.15, 0.2) is 72.9 Å². The fourth-order valence-electron chi connectivity index (χ4n) is 3.34. The van der Waals surface area contributed by atoms with Gasteiger partial charge in [0.15, 0.2) is 0 Å². The van der Waals surface area contributed by atoms with Gasteiger partial charge in [-0.3, -0.25) is 4.98 Å². The third-order valence-electron chi connectivity index (χ3n) is 4.63. The Morgan fingerprint density at radius 3 is 2.27 bits per heavy atom. The van der Waals surface area contributed by atoms with E-state index >= 15 is 0 Å². The number of aliphatic hydroxyl groups is 1. The Bertz CT molecular complexity index is 808. The molecule has 3 rings (SSSR count). The van der Waals surface area contributed by atoms with Crippen LogP contribution in [0, 0.1) is 0 Å². The second-order valence-electron chi connectivity index (χ2n) is 6.31. The quantitative estimate of drug-likeness (QED) is 0.727. The third-order valence-corrected chi connectivity index (χ3v) is 4.63. The van der Waals surface area contributed by atoms with Crippen molar-refractivity contribution in [3.63, 3.8) is 0 Å². The van der Waals surface area contributed by atoms with E-state index in [2.05, 4.69) is 4.98 Å². The summed E-state index contributed by atoms with van der Waals surface area (Å²) in [7, 11) is 3.20. The highest BCUT2D eigenvalue weighted by atomic mass is 16.5. The summed E-state index contributed by atoms with van der Waals surface area (Å²) in [5.41, 5.74) is 1.14. The number of methoxy groups -OCH3 is 2. The average molecular weight is 349 g/mol. The van der Waals surface area contributed by atoms with Crippen LogP contribution in [0.2, 0.25) is 0 Å². The molecule has 0 radical (unpaired) electrons. The topological polar surface area (TPSA) is 51.6 Å². The molecule has 26 heavy (non-hydrogen) atoms. The van der Waals surface area contributed by atoms with Gasteiger partial charge in [-0.2, -0.15) is 0 Å². The summed E-state index contributed by atoms with van der Waals surface area (Å²) in [5.74, 6) is 0.896. The number of rotatable bonds is 6. The van der Waals surface area contributed by atoms with Gasteiger partial charge >= 0.3 is 0 Å². The lowest BCUT2D eigenvalue weighted by Gasteiger charge is -2.34. The van der Waals surface area contributed by atoms with Crippen LogP contribution in [0.3, 0.4) is 0 Å². The zero-order valence-electron chi connectivity index (χ0n) is 15.2. The lowest BCUT2D eigenvalue weighted by molar-refractivity contribution is 0.0354. The number of pyridine rings is 1. The minimum absolute atomic E-state index is 0.370. The van der Waals surface area contributed by atoms with E-state index in [1.807, 2.05) is 66.7 Å². The Morgan fingerprint density at radius 2 is 1.65 bits per heavy atom. The van der Waals surface area contributed by atoms with Gasteiger partial charge in [0.05, 0.1) is 25.8 Å². The largest absolute Gasteiger partial charge is 0.497 e. The van der Waals surface area contributed by atoms with Crippen molar-refractivity contribution in [1.29, 1.82) is 0 Å². The summed E-state index contributed by atoms with van der Waals surface area (Å²) in [4.78, 5) is 4.51. The zero-order chi connectivity index (χ0) is 18.6. The van der Waals surface area contributed by atoms with Crippen molar-refractivity contribution in [2.24, 2.45) is 0 Å². The lowest BCUT2D eigenvalue weighted by atomic mass is 9.76. The van der Waals surface area contributed by atoms with Crippen LogP contribution < -0.4 is 9.47 Å². The van der Waals surface area contributed by atoms with E-state index in [1.54, 1.807) is 27.3 Å². The summed E-state index contributed by atoms with van der Waals surface area (Å²) >= 11 is 0. The Balaban J connectivity index is 2.20. The molecule has 0 aliphatic rings. The molecule has 2 aromatic carbocycles. The first-order valence-corrected chi connectivity index (χ1v) is 8.48. The highest BCUT2D eigenvalue weighted by Crippen LogP contribution is 2.45. The molecule has 0 bridgehead atoms. The first-order chi connectivity index (χ1) is 12.6. The molecule has 0 aliphatic carbocycles. The van der Waals surface area contributed by atoms with Crippen LogP contribution >= 0.6 is 0 Å². The SMILES string of the molecule is COc1ccc(OC)c([C@](C)(O)[C@@H](c2ccccc2)c2ccccn2)c1. The highest BCUT2D eigenvalue weighted by molar-refractivity contribution is 5.47. The van der Waals surface area contributed by atoms with Crippen LogP contribution in [0.25, 0.3) is 0 Å². The highest BCUT2D eigenvalue weighted by Gasteiger charge is 2.39. The molecule has 1 aromatic heterocycles. The molecule has 0 amide bonds. The molecule has 3 aromatic rings. The van der Waals surface area contributed by atoms with Gasteiger partial charge in [-0.15, -0.1) is 0 Å². The average Bonchev–Trinajstić information content (AvgIpc) is 2.69. The number of benzene rings is 2. The first kappa shape index (κ1) is 18.0. The molecule has 134 valence electrons. The van der Waals surface area contributed by atoms with Crippen molar-refractivity contribution < 1.29 is 14.6 Å². The van der Waals surface area contributed by atoms with Crippen LogP contribution in [0.1, 0.15) is 29.7 Å². The normalized spacial score (nSPS) is 14.3. The monoisotopic (exact) mass is 349 g/mol. The standard InChI is InChI=1S/C22H23NO3/c1-22(24,18-15-17(25-2)12-13-20(18)26-3)21(16-9-5-4-6-10-16)19-11-7-8-14-23-19/h4-15,21,24H,1-3H3/t21-,22-/m0/s1. The Morgan fingerprint density at radius 1 is 0.923 bits per heavy atom. The van der Waals surface area contributed by atoms with Gasteiger partial charge in [-0.05, 0) is 42.8 Å². The van der Waals surface area contributed by atoms with E-state index in [0.29, 0.717) is 17.1 Å². The number of aromatic nitrogens is 1. The predicted octanol–water partition coefficient (Wildman–Crippen LogP) is 4.14. The summed E-state index contributed by atoms with van der Waals surface area (Å²) in [6.45, 7) is 1.79. The van der Waals surface area contributed by atoms with Gasteiger partial charge in [0, 0.05) is 11.8 Å². The molecule has 0 fully saturated rings. The molecule has 2 atom stereocenters. The molecule has 1 heterocycles. The molecule has 0 spiro atoms. The molecule has 0 saturated heterocycles. The van der Waals surface area contributed by atoms with Gasteiger partial charge < -0.3 is 14.6 Å². The van der Waals surface area contributed by atoms with Crippen LogP contribution in [-0.4, -0.2) is 24.3 Å². The van der Waals surface area contributed by atoms with E-state index in [0.717, 1.165) is 11.3 Å². The van der Waals surface area contributed by atoms with Crippen molar-refractivity contribution >= 4 is 0 Å². The van der Waals surface area contributed by atoms with E-state index in [-0.39, 0.29) is 5.92 Å². The molecular formula is C22H23NO3. The third kappa shape index (κ3) is 3.41. The van der Waals surface area contributed by atoms with E-state index in [9.17, 15) is 5.11 Å². The van der Waals surface area contributed by atoms with Crippen molar-refractivity contribution in [2.45, 2.75) is 18.4 Å². The summed E-state index contributed by atoms with van der Waals surface area (Å²) in [6.07, 6.45) is 1.74. The summed E-state index contributed by atoms with van der Waals surface area (Å²) in [5, 5.41) is 11.7. The van der Waals surface area contributed by atoms with Crippen molar-refractivity contribution in [1.82, 2.24) is 4.98 Å². The fraction of sp³-hybridized carbons (Fsp3) is 0.227. The van der Waals surface area contributed by atoms with Crippen molar-refractivity contribution in [3.05, 3.63) is 89.7 Å².